The maximum atomic E-state index is 5.48. The van der Waals surface area contributed by atoms with Gasteiger partial charge in [0.05, 0.1) is 25.6 Å². The SMILES string of the molecule is c1csc(C(CNc2ncnc3nc[nH]c23)N2CCOCC2)c1. The monoisotopic (exact) mass is 330 g/mol. The van der Waals surface area contributed by atoms with Crippen LogP contribution < -0.4 is 5.32 Å². The normalized spacial score (nSPS) is 17.4. The lowest BCUT2D eigenvalue weighted by Crippen LogP contribution is -2.41. The first-order valence-corrected chi connectivity index (χ1v) is 8.53. The molecule has 1 atom stereocenters. The number of anilines is 1. The average molecular weight is 330 g/mol. The van der Waals surface area contributed by atoms with E-state index in [1.165, 1.54) is 4.88 Å². The number of aromatic nitrogens is 4. The fourth-order valence-electron chi connectivity index (χ4n) is 2.87. The fraction of sp³-hybridized carbons (Fsp3) is 0.400. The number of fused-ring (bicyclic) bond motifs is 1. The van der Waals surface area contributed by atoms with E-state index < -0.39 is 0 Å². The second-order valence-corrected chi connectivity index (χ2v) is 6.36. The van der Waals surface area contributed by atoms with E-state index in [2.05, 4.69) is 47.7 Å². The molecule has 8 heteroatoms. The summed E-state index contributed by atoms with van der Waals surface area (Å²) in [7, 11) is 0. The molecule has 0 amide bonds. The number of ether oxygens (including phenoxy) is 1. The average Bonchev–Trinajstić information content (AvgIpc) is 3.28. The Labute approximate surface area is 137 Å². The number of H-pyrrole nitrogens is 1. The third-order valence-electron chi connectivity index (χ3n) is 4.04. The maximum absolute atomic E-state index is 5.48. The third-order valence-corrected chi connectivity index (χ3v) is 5.02. The van der Waals surface area contributed by atoms with Gasteiger partial charge < -0.3 is 15.0 Å². The molecular formula is C15H18N6OS. The Kier molecular flexibility index (Phi) is 4.18. The second kappa shape index (κ2) is 6.61. The van der Waals surface area contributed by atoms with Gasteiger partial charge in [0.25, 0.3) is 0 Å². The number of rotatable bonds is 5. The predicted octanol–water partition coefficient (Wildman–Crippen LogP) is 1.90. The van der Waals surface area contributed by atoms with Crippen molar-refractivity contribution >= 4 is 28.3 Å². The summed E-state index contributed by atoms with van der Waals surface area (Å²) in [5, 5.41) is 5.59. The number of hydrogen-bond donors (Lipinski definition) is 2. The molecule has 1 unspecified atom stereocenters. The summed E-state index contributed by atoms with van der Waals surface area (Å²) in [5.41, 5.74) is 1.53. The van der Waals surface area contributed by atoms with Gasteiger partial charge in [-0.25, -0.2) is 15.0 Å². The molecule has 2 N–H and O–H groups in total. The number of nitrogens with one attached hydrogen (secondary N) is 2. The zero-order valence-electron chi connectivity index (χ0n) is 12.6. The van der Waals surface area contributed by atoms with Crippen LogP contribution >= 0.6 is 11.3 Å². The van der Waals surface area contributed by atoms with Crippen molar-refractivity contribution in [2.45, 2.75) is 6.04 Å². The molecule has 120 valence electrons. The highest BCUT2D eigenvalue weighted by molar-refractivity contribution is 7.10. The van der Waals surface area contributed by atoms with E-state index in [-0.39, 0.29) is 0 Å². The maximum Gasteiger partial charge on any atom is 0.182 e. The molecule has 0 bridgehead atoms. The number of morpholine rings is 1. The Morgan fingerprint density at radius 2 is 2.22 bits per heavy atom. The number of aromatic amines is 1. The Hall–Kier alpha value is -2.03. The van der Waals surface area contributed by atoms with Crippen molar-refractivity contribution in [1.82, 2.24) is 24.8 Å². The highest BCUT2D eigenvalue weighted by Crippen LogP contribution is 2.27. The van der Waals surface area contributed by atoms with Crippen LogP contribution in [0, 0.1) is 0 Å². The topological polar surface area (TPSA) is 79.0 Å². The summed E-state index contributed by atoms with van der Waals surface area (Å²) in [6, 6.07) is 4.61. The van der Waals surface area contributed by atoms with Crippen LogP contribution in [-0.2, 0) is 4.74 Å². The molecule has 1 saturated heterocycles. The van der Waals surface area contributed by atoms with Gasteiger partial charge in [-0.2, -0.15) is 0 Å². The molecule has 4 rings (SSSR count). The first-order valence-electron chi connectivity index (χ1n) is 7.65. The van der Waals surface area contributed by atoms with Crippen LogP contribution in [0.4, 0.5) is 5.82 Å². The van der Waals surface area contributed by atoms with Gasteiger partial charge in [0.2, 0.25) is 0 Å². The minimum Gasteiger partial charge on any atom is -0.379 e. The van der Waals surface area contributed by atoms with E-state index in [0.717, 1.165) is 44.2 Å². The molecule has 7 nitrogen and oxygen atoms in total. The zero-order chi connectivity index (χ0) is 15.5. The predicted molar refractivity (Wildman–Crippen MR) is 89.6 cm³/mol. The number of nitrogens with zero attached hydrogens (tertiary/aromatic N) is 4. The minimum absolute atomic E-state index is 0.312. The van der Waals surface area contributed by atoms with Gasteiger partial charge in [-0.05, 0) is 11.4 Å². The van der Waals surface area contributed by atoms with Crippen molar-refractivity contribution in [2.75, 3.05) is 38.2 Å². The summed E-state index contributed by atoms with van der Waals surface area (Å²) in [5.74, 6) is 0.794. The van der Waals surface area contributed by atoms with E-state index >= 15 is 0 Å². The molecular weight excluding hydrogens is 312 g/mol. The van der Waals surface area contributed by atoms with Crippen molar-refractivity contribution in [3.63, 3.8) is 0 Å². The van der Waals surface area contributed by atoms with Crippen LogP contribution in [0.15, 0.2) is 30.2 Å². The molecule has 0 spiro atoms. The summed E-state index contributed by atoms with van der Waals surface area (Å²) < 4.78 is 5.48. The molecule has 0 radical (unpaired) electrons. The van der Waals surface area contributed by atoms with Crippen LogP contribution in [0.2, 0.25) is 0 Å². The van der Waals surface area contributed by atoms with Gasteiger partial charge in [0.1, 0.15) is 11.8 Å². The summed E-state index contributed by atoms with van der Waals surface area (Å²) in [4.78, 5) is 19.6. The van der Waals surface area contributed by atoms with Crippen molar-refractivity contribution in [3.05, 3.63) is 35.0 Å². The number of hydrogen-bond acceptors (Lipinski definition) is 7. The molecule has 3 aromatic rings. The smallest absolute Gasteiger partial charge is 0.182 e. The highest BCUT2D eigenvalue weighted by Gasteiger charge is 2.23. The molecule has 0 saturated carbocycles. The molecule has 3 aromatic heterocycles. The van der Waals surface area contributed by atoms with Gasteiger partial charge in [0, 0.05) is 24.5 Å². The molecule has 1 fully saturated rings. The van der Waals surface area contributed by atoms with Gasteiger partial charge >= 0.3 is 0 Å². The lowest BCUT2D eigenvalue weighted by atomic mass is 10.2. The highest BCUT2D eigenvalue weighted by atomic mass is 32.1. The quantitative estimate of drug-likeness (QED) is 0.744. The Morgan fingerprint density at radius 3 is 3.04 bits per heavy atom. The minimum atomic E-state index is 0.312. The van der Waals surface area contributed by atoms with Crippen LogP contribution in [0.25, 0.3) is 11.2 Å². The second-order valence-electron chi connectivity index (χ2n) is 5.38. The molecule has 23 heavy (non-hydrogen) atoms. The van der Waals surface area contributed by atoms with Gasteiger partial charge in [0.15, 0.2) is 11.5 Å². The van der Waals surface area contributed by atoms with Crippen molar-refractivity contribution < 1.29 is 4.74 Å². The van der Waals surface area contributed by atoms with E-state index in [9.17, 15) is 0 Å². The van der Waals surface area contributed by atoms with Gasteiger partial charge in [-0.1, -0.05) is 6.07 Å². The Bertz CT molecular complexity index is 752. The number of imidazole rings is 1. The van der Waals surface area contributed by atoms with E-state index in [1.807, 2.05) is 0 Å². The lowest BCUT2D eigenvalue weighted by molar-refractivity contribution is 0.0194. The largest absolute Gasteiger partial charge is 0.379 e. The van der Waals surface area contributed by atoms with E-state index in [0.29, 0.717) is 11.7 Å². The van der Waals surface area contributed by atoms with Crippen LogP contribution in [0.3, 0.4) is 0 Å². The molecule has 1 aliphatic heterocycles. The van der Waals surface area contributed by atoms with E-state index in [4.69, 9.17) is 4.74 Å². The first-order chi connectivity index (χ1) is 11.4. The Balaban J connectivity index is 1.54. The van der Waals surface area contributed by atoms with Crippen LogP contribution in [0.5, 0.6) is 0 Å². The zero-order valence-corrected chi connectivity index (χ0v) is 13.4. The summed E-state index contributed by atoms with van der Waals surface area (Å²) in [6.45, 7) is 4.27. The molecule has 4 heterocycles. The molecule has 0 aliphatic carbocycles. The van der Waals surface area contributed by atoms with Gasteiger partial charge in [-0.3, -0.25) is 4.90 Å². The summed E-state index contributed by atoms with van der Waals surface area (Å²) >= 11 is 1.79. The van der Waals surface area contributed by atoms with Crippen LogP contribution in [-0.4, -0.2) is 57.7 Å². The summed E-state index contributed by atoms with van der Waals surface area (Å²) in [6.07, 6.45) is 3.18. The van der Waals surface area contributed by atoms with Crippen LogP contribution in [0.1, 0.15) is 10.9 Å². The number of thiophene rings is 1. The molecule has 0 aromatic carbocycles. The molecule has 1 aliphatic rings. The fourth-order valence-corrected chi connectivity index (χ4v) is 3.73. The van der Waals surface area contributed by atoms with Gasteiger partial charge in [-0.15, -0.1) is 11.3 Å². The van der Waals surface area contributed by atoms with Crippen molar-refractivity contribution in [2.24, 2.45) is 0 Å². The lowest BCUT2D eigenvalue weighted by Gasteiger charge is -2.34. The standard InChI is InChI=1S/C15H18N6OS/c1-2-12(23-7-1)11(21-3-5-22-6-4-21)8-16-14-13-15(18-9-17-13)20-10-19-14/h1-2,7,9-11H,3-6,8H2,(H2,16,17,18,19,20). The van der Waals surface area contributed by atoms with E-state index in [1.54, 1.807) is 24.0 Å². The third kappa shape index (κ3) is 3.05. The van der Waals surface area contributed by atoms with Crippen molar-refractivity contribution in [1.29, 1.82) is 0 Å². The first kappa shape index (κ1) is 14.6. The Morgan fingerprint density at radius 1 is 1.30 bits per heavy atom. The van der Waals surface area contributed by atoms with Crippen molar-refractivity contribution in [3.8, 4) is 0 Å².